The van der Waals surface area contributed by atoms with E-state index in [0.717, 1.165) is 65.7 Å². The van der Waals surface area contributed by atoms with Gasteiger partial charge in [0, 0.05) is 62.6 Å². The smallest absolute Gasteiger partial charge is 0.253 e. The van der Waals surface area contributed by atoms with Gasteiger partial charge < -0.3 is 4.90 Å². The minimum Gasteiger partial charge on any atom is -0.345 e. The molecule has 0 atom stereocenters. The molecule has 0 saturated heterocycles. The van der Waals surface area contributed by atoms with Crippen molar-refractivity contribution in [3.63, 3.8) is 0 Å². The van der Waals surface area contributed by atoms with E-state index in [0.29, 0.717) is 11.5 Å². The van der Waals surface area contributed by atoms with Crippen LogP contribution in [0.1, 0.15) is 53.6 Å². The Morgan fingerprint density at radius 3 is 2.67 bits per heavy atom. The lowest BCUT2D eigenvalue weighted by atomic mass is 9.90. The lowest BCUT2D eigenvalue weighted by molar-refractivity contribution is 0.0827. The number of allylic oxidation sites excluding steroid dienone is 4. The molecule has 1 aromatic carbocycles. The van der Waals surface area contributed by atoms with Crippen molar-refractivity contribution in [2.45, 2.75) is 32.1 Å². The molecule has 1 aromatic rings. The van der Waals surface area contributed by atoms with Crippen LogP contribution in [0.3, 0.4) is 0 Å². The van der Waals surface area contributed by atoms with Crippen LogP contribution in [-0.2, 0) is 0 Å². The van der Waals surface area contributed by atoms with Gasteiger partial charge in [-0.2, -0.15) is 0 Å². The van der Waals surface area contributed by atoms with Crippen molar-refractivity contribution in [2.75, 3.05) is 40.8 Å². The Kier molecular flexibility index (Phi) is 8.60. The van der Waals surface area contributed by atoms with Gasteiger partial charge in [0.1, 0.15) is 5.82 Å². The number of nitrogens with zero attached hydrogens (tertiary/aromatic N) is 3. The van der Waals surface area contributed by atoms with Gasteiger partial charge in [-0.05, 0) is 67.0 Å². The summed E-state index contributed by atoms with van der Waals surface area (Å²) in [4.78, 5) is 20.2. The van der Waals surface area contributed by atoms with Crippen LogP contribution in [0.15, 0.2) is 57.6 Å². The maximum atomic E-state index is 15.3. The van der Waals surface area contributed by atoms with Crippen molar-refractivity contribution < 1.29 is 9.18 Å². The molecule has 0 radical (unpaired) electrons. The molecular formula is C27H33BrFN3O. The van der Waals surface area contributed by atoms with Crippen molar-refractivity contribution in [2.24, 2.45) is 4.99 Å². The number of amides is 1. The zero-order valence-corrected chi connectivity index (χ0v) is 21.6. The molecule has 0 bridgehead atoms. The molecule has 1 amide bonds. The SMILES string of the molecule is C=C(/C=C(\C)CN1CC=C(c2c(F)cc(C(=O)N(C)C)cc2C2CC2)CC1)/C(Br)=C\C=NC. The number of hydrogen-bond acceptors (Lipinski definition) is 3. The third-order valence-electron chi connectivity index (χ3n) is 5.98. The maximum absolute atomic E-state index is 15.3. The molecule has 1 aliphatic carbocycles. The summed E-state index contributed by atoms with van der Waals surface area (Å²) >= 11 is 3.53. The third-order valence-corrected chi connectivity index (χ3v) is 6.75. The van der Waals surface area contributed by atoms with Gasteiger partial charge in [0.25, 0.3) is 5.91 Å². The Hall–Kier alpha value is -2.31. The number of rotatable bonds is 8. The Balaban J connectivity index is 1.74. The van der Waals surface area contributed by atoms with E-state index in [2.05, 4.69) is 51.5 Å². The highest BCUT2D eigenvalue weighted by Gasteiger charge is 2.31. The Bertz CT molecular complexity index is 1050. The second-order valence-electron chi connectivity index (χ2n) is 9.05. The molecule has 0 aromatic heterocycles. The molecule has 6 heteroatoms. The van der Waals surface area contributed by atoms with E-state index in [-0.39, 0.29) is 11.7 Å². The van der Waals surface area contributed by atoms with Gasteiger partial charge in [0.15, 0.2) is 0 Å². The molecule has 0 unspecified atom stereocenters. The summed E-state index contributed by atoms with van der Waals surface area (Å²) in [5, 5.41) is 0. The number of carbonyl (C=O) groups excluding carboxylic acids is 1. The summed E-state index contributed by atoms with van der Waals surface area (Å²) in [5.74, 6) is -0.0637. The fourth-order valence-corrected chi connectivity index (χ4v) is 4.39. The number of halogens is 2. The Morgan fingerprint density at radius 1 is 1.36 bits per heavy atom. The summed E-state index contributed by atoms with van der Waals surface area (Å²) < 4.78 is 16.2. The highest BCUT2D eigenvalue weighted by molar-refractivity contribution is 9.12. The van der Waals surface area contributed by atoms with Crippen LogP contribution in [-0.4, -0.2) is 62.7 Å². The minimum atomic E-state index is -0.274. The van der Waals surface area contributed by atoms with E-state index in [1.807, 2.05) is 12.1 Å². The minimum absolute atomic E-state index is 0.154. The largest absolute Gasteiger partial charge is 0.345 e. The summed E-state index contributed by atoms with van der Waals surface area (Å²) in [6, 6.07) is 3.32. The van der Waals surface area contributed by atoms with Crippen LogP contribution < -0.4 is 0 Å². The normalized spacial score (nSPS) is 17.9. The van der Waals surface area contributed by atoms with Crippen LogP contribution in [0, 0.1) is 5.82 Å². The summed E-state index contributed by atoms with van der Waals surface area (Å²) in [6.45, 7) is 8.68. The molecule has 0 N–H and O–H groups in total. The second-order valence-corrected chi connectivity index (χ2v) is 9.90. The quantitative estimate of drug-likeness (QED) is 0.316. The molecule has 4 nitrogen and oxygen atoms in total. The van der Waals surface area contributed by atoms with E-state index in [1.165, 1.54) is 16.5 Å². The van der Waals surface area contributed by atoms with E-state index in [9.17, 15) is 4.79 Å². The van der Waals surface area contributed by atoms with Crippen LogP contribution in [0.5, 0.6) is 0 Å². The number of benzene rings is 1. The summed E-state index contributed by atoms with van der Waals surface area (Å²) in [5.41, 5.74) is 5.34. The second kappa shape index (κ2) is 11.2. The van der Waals surface area contributed by atoms with Crippen LogP contribution in [0.25, 0.3) is 5.57 Å². The van der Waals surface area contributed by atoms with Crippen LogP contribution in [0.4, 0.5) is 4.39 Å². The first-order chi connectivity index (χ1) is 15.7. The van der Waals surface area contributed by atoms with Crippen molar-refractivity contribution >= 4 is 33.6 Å². The van der Waals surface area contributed by atoms with Gasteiger partial charge in [-0.3, -0.25) is 14.7 Å². The molecular weight excluding hydrogens is 481 g/mol. The molecule has 1 fully saturated rings. The van der Waals surface area contributed by atoms with Gasteiger partial charge in [-0.25, -0.2) is 4.39 Å². The van der Waals surface area contributed by atoms with Gasteiger partial charge >= 0.3 is 0 Å². The van der Waals surface area contributed by atoms with Crippen molar-refractivity contribution in [1.29, 1.82) is 0 Å². The zero-order valence-electron chi connectivity index (χ0n) is 20.0. The lowest BCUT2D eigenvalue weighted by Gasteiger charge is -2.28. The van der Waals surface area contributed by atoms with Crippen LogP contribution >= 0.6 is 15.9 Å². The first kappa shape index (κ1) is 25.3. The lowest BCUT2D eigenvalue weighted by Crippen LogP contribution is -2.30. The monoisotopic (exact) mass is 513 g/mol. The first-order valence-electron chi connectivity index (χ1n) is 11.3. The molecule has 2 aliphatic rings. The van der Waals surface area contributed by atoms with E-state index >= 15 is 4.39 Å². The molecule has 3 rings (SSSR count). The van der Waals surface area contributed by atoms with Gasteiger partial charge in [-0.1, -0.05) is 40.2 Å². The highest BCUT2D eigenvalue weighted by Crippen LogP contribution is 2.45. The van der Waals surface area contributed by atoms with Crippen molar-refractivity contribution in [3.05, 3.63) is 75.1 Å². The molecule has 1 saturated carbocycles. The number of hydrogen-bond donors (Lipinski definition) is 0. The fourth-order valence-electron chi connectivity index (χ4n) is 4.16. The fraction of sp³-hybridized carbons (Fsp3) is 0.407. The number of aliphatic imine (C=N–C) groups is 1. The van der Waals surface area contributed by atoms with E-state index < -0.39 is 0 Å². The number of carbonyl (C=O) groups is 1. The van der Waals surface area contributed by atoms with Crippen LogP contribution in [0.2, 0.25) is 0 Å². The standard InChI is InChI=1S/C27H33BrFN3O/c1-18(14-19(2)24(28)8-11-30-3)17-32-12-9-21(10-13-32)26-23(20-6-7-20)15-22(16-25(26)29)27(33)31(4)5/h8-9,11,14-16,20H,2,6-7,10,12-13,17H2,1,3-5H3/b18-14+,24-8+,30-11?. The Labute approximate surface area is 205 Å². The third kappa shape index (κ3) is 6.61. The molecule has 1 heterocycles. The average molecular weight is 514 g/mol. The topological polar surface area (TPSA) is 35.9 Å². The molecule has 33 heavy (non-hydrogen) atoms. The highest BCUT2D eigenvalue weighted by atomic mass is 79.9. The van der Waals surface area contributed by atoms with Gasteiger partial charge in [0.2, 0.25) is 0 Å². The Morgan fingerprint density at radius 2 is 2.09 bits per heavy atom. The summed E-state index contributed by atoms with van der Waals surface area (Å²) in [7, 11) is 5.13. The average Bonchev–Trinajstić information content (AvgIpc) is 3.62. The van der Waals surface area contributed by atoms with Crippen molar-refractivity contribution in [3.8, 4) is 0 Å². The van der Waals surface area contributed by atoms with Gasteiger partial charge in [0.05, 0.1) is 0 Å². The zero-order chi connectivity index (χ0) is 24.1. The summed E-state index contributed by atoms with van der Waals surface area (Å²) in [6.07, 6.45) is 10.8. The van der Waals surface area contributed by atoms with E-state index in [4.69, 9.17) is 0 Å². The maximum Gasteiger partial charge on any atom is 0.253 e. The van der Waals surface area contributed by atoms with Crippen molar-refractivity contribution in [1.82, 2.24) is 9.80 Å². The molecule has 1 aliphatic heterocycles. The van der Waals surface area contributed by atoms with E-state index in [1.54, 1.807) is 27.4 Å². The molecule has 0 spiro atoms. The first-order valence-corrected chi connectivity index (χ1v) is 12.1. The predicted octanol–water partition coefficient (Wildman–Crippen LogP) is 5.98. The molecule has 176 valence electrons. The van der Waals surface area contributed by atoms with Gasteiger partial charge in [-0.15, -0.1) is 0 Å². The predicted molar refractivity (Wildman–Crippen MR) is 140 cm³/mol.